The van der Waals surface area contributed by atoms with Gasteiger partial charge in [0.25, 0.3) is 0 Å². The number of carbonyl (C=O) groups excluding carboxylic acids is 1. The summed E-state index contributed by atoms with van der Waals surface area (Å²) in [5.74, 6) is 0.671. The molecule has 0 radical (unpaired) electrons. The largest absolute Gasteiger partial charge is 0.497 e. The van der Waals surface area contributed by atoms with Gasteiger partial charge in [0.05, 0.1) is 19.9 Å². The number of Topliss-reactive ketones (excluding diaryl/α,β-unsaturated/α-hetero) is 1. The number of benzene rings is 1. The number of hydrogen-bond donors (Lipinski definition) is 0. The van der Waals surface area contributed by atoms with Crippen molar-refractivity contribution < 1.29 is 17.9 Å². The summed E-state index contributed by atoms with van der Waals surface area (Å²) in [6, 6.07) is 7.06. The molecule has 0 spiro atoms. The van der Waals surface area contributed by atoms with Crippen LogP contribution in [0.15, 0.2) is 24.3 Å². The molecule has 1 aliphatic heterocycles. The minimum absolute atomic E-state index is 0.0155. The van der Waals surface area contributed by atoms with Gasteiger partial charge in [-0.15, -0.1) is 0 Å². The number of ketones is 1. The zero-order valence-corrected chi connectivity index (χ0v) is 13.1. The third-order valence-electron chi connectivity index (χ3n) is 3.56. The van der Waals surface area contributed by atoms with Crippen molar-refractivity contribution in [3.05, 3.63) is 29.8 Å². The van der Waals surface area contributed by atoms with Crippen molar-refractivity contribution in [2.24, 2.45) is 0 Å². The first-order valence-electron chi connectivity index (χ1n) is 6.75. The maximum absolute atomic E-state index is 12.2. The van der Waals surface area contributed by atoms with E-state index in [1.807, 2.05) is 4.90 Å². The lowest BCUT2D eigenvalue weighted by atomic mass is 10.1. The van der Waals surface area contributed by atoms with Gasteiger partial charge in [0, 0.05) is 31.7 Å². The Kier molecular flexibility index (Phi) is 4.97. The fourth-order valence-electron chi connectivity index (χ4n) is 2.31. The van der Waals surface area contributed by atoms with Crippen LogP contribution in [0.3, 0.4) is 0 Å². The molecule has 1 aromatic carbocycles. The van der Waals surface area contributed by atoms with E-state index in [0.717, 1.165) is 0 Å². The summed E-state index contributed by atoms with van der Waals surface area (Å²) in [6.45, 7) is 2.31. The van der Waals surface area contributed by atoms with E-state index in [2.05, 4.69) is 0 Å². The molecular formula is C14H20N2O4S. The Labute approximate surface area is 125 Å². The number of rotatable bonds is 5. The normalized spacial score (nSPS) is 17.6. The average molecular weight is 312 g/mol. The van der Waals surface area contributed by atoms with E-state index in [9.17, 15) is 13.2 Å². The maximum Gasteiger partial charge on any atom is 0.211 e. The fraction of sp³-hybridized carbons (Fsp3) is 0.500. The molecule has 0 amide bonds. The molecular weight excluding hydrogens is 292 g/mol. The lowest BCUT2D eigenvalue weighted by Crippen LogP contribution is -2.49. The van der Waals surface area contributed by atoms with Gasteiger partial charge in [-0.25, -0.2) is 8.42 Å². The standard InChI is InChI=1S/C14H20N2O4S/c1-20-13-5-3-4-12(10-13)14(17)11-15-6-8-16(9-7-15)21(2,18)19/h3-5,10H,6-9,11H2,1-2H3. The van der Waals surface area contributed by atoms with E-state index in [4.69, 9.17) is 4.74 Å². The van der Waals surface area contributed by atoms with E-state index in [-0.39, 0.29) is 5.78 Å². The van der Waals surface area contributed by atoms with Gasteiger partial charge in [0.2, 0.25) is 10.0 Å². The van der Waals surface area contributed by atoms with Crippen LogP contribution in [0.25, 0.3) is 0 Å². The third-order valence-corrected chi connectivity index (χ3v) is 4.86. The van der Waals surface area contributed by atoms with Crippen molar-refractivity contribution in [3.8, 4) is 5.75 Å². The zero-order valence-electron chi connectivity index (χ0n) is 12.3. The fourth-order valence-corrected chi connectivity index (χ4v) is 3.14. The summed E-state index contributed by atoms with van der Waals surface area (Å²) in [5, 5.41) is 0. The molecule has 0 saturated carbocycles. The third kappa shape index (κ3) is 4.26. The van der Waals surface area contributed by atoms with E-state index >= 15 is 0 Å². The van der Waals surface area contributed by atoms with Gasteiger partial charge in [0.15, 0.2) is 5.78 Å². The number of ether oxygens (including phenoxy) is 1. The molecule has 7 heteroatoms. The molecule has 0 N–H and O–H groups in total. The molecule has 1 heterocycles. The highest BCUT2D eigenvalue weighted by molar-refractivity contribution is 7.88. The molecule has 0 bridgehead atoms. The molecule has 0 unspecified atom stereocenters. The minimum Gasteiger partial charge on any atom is -0.497 e. The van der Waals surface area contributed by atoms with Crippen LogP contribution in [0.1, 0.15) is 10.4 Å². The van der Waals surface area contributed by atoms with Crippen molar-refractivity contribution in [2.45, 2.75) is 0 Å². The van der Waals surface area contributed by atoms with Gasteiger partial charge in [-0.1, -0.05) is 12.1 Å². The first-order valence-corrected chi connectivity index (χ1v) is 8.60. The molecule has 0 atom stereocenters. The second kappa shape index (κ2) is 6.55. The van der Waals surface area contributed by atoms with E-state index in [1.54, 1.807) is 31.4 Å². The summed E-state index contributed by atoms with van der Waals surface area (Å²) in [5.41, 5.74) is 0.611. The minimum atomic E-state index is -3.13. The van der Waals surface area contributed by atoms with Crippen LogP contribution >= 0.6 is 0 Å². The number of methoxy groups -OCH3 is 1. The lowest BCUT2D eigenvalue weighted by Gasteiger charge is -2.32. The van der Waals surface area contributed by atoms with Crippen molar-refractivity contribution >= 4 is 15.8 Å². The Bertz CT molecular complexity index is 607. The smallest absolute Gasteiger partial charge is 0.211 e. The Hall–Kier alpha value is -1.44. The predicted octanol–water partition coefficient (Wildman–Crippen LogP) is 0.455. The second-order valence-electron chi connectivity index (χ2n) is 5.09. The van der Waals surface area contributed by atoms with Gasteiger partial charge in [-0.3, -0.25) is 9.69 Å². The van der Waals surface area contributed by atoms with Crippen molar-refractivity contribution in [2.75, 3.05) is 46.1 Å². The number of nitrogens with zero attached hydrogens (tertiary/aromatic N) is 2. The lowest BCUT2D eigenvalue weighted by molar-refractivity contribution is 0.0901. The molecule has 116 valence electrons. The SMILES string of the molecule is COc1cccc(C(=O)CN2CCN(S(C)(=O)=O)CC2)c1. The maximum atomic E-state index is 12.2. The van der Waals surface area contributed by atoms with Crippen molar-refractivity contribution in [3.63, 3.8) is 0 Å². The Morgan fingerprint density at radius 3 is 2.48 bits per heavy atom. The summed E-state index contributed by atoms with van der Waals surface area (Å²) in [6.07, 6.45) is 1.21. The monoisotopic (exact) mass is 312 g/mol. The summed E-state index contributed by atoms with van der Waals surface area (Å²) < 4.78 is 29.4. The van der Waals surface area contributed by atoms with Crippen LogP contribution in [-0.2, 0) is 10.0 Å². The molecule has 21 heavy (non-hydrogen) atoms. The Morgan fingerprint density at radius 1 is 1.24 bits per heavy atom. The summed E-state index contributed by atoms with van der Waals surface area (Å²) >= 11 is 0. The molecule has 6 nitrogen and oxygen atoms in total. The number of carbonyl (C=O) groups is 1. The van der Waals surface area contributed by atoms with Crippen molar-refractivity contribution in [1.82, 2.24) is 9.21 Å². The molecule has 1 fully saturated rings. The van der Waals surface area contributed by atoms with Crippen LogP contribution in [0.4, 0.5) is 0 Å². The molecule has 0 aliphatic carbocycles. The first kappa shape index (κ1) is 15.9. The van der Waals surface area contributed by atoms with Gasteiger partial charge >= 0.3 is 0 Å². The van der Waals surface area contributed by atoms with Crippen LogP contribution < -0.4 is 4.74 Å². The van der Waals surface area contributed by atoms with Crippen LogP contribution in [0.2, 0.25) is 0 Å². The quantitative estimate of drug-likeness (QED) is 0.739. The van der Waals surface area contributed by atoms with E-state index in [1.165, 1.54) is 10.6 Å². The highest BCUT2D eigenvalue weighted by Crippen LogP contribution is 2.14. The highest BCUT2D eigenvalue weighted by atomic mass is 32.2. The topological polar surface area (TPSA) is 66.9 Å². The second-order valence-corrected chi connectivity index (χ2v) is 7.08. The molecule has 0 aromatic heterocycles. The number of sulfonamides is 1. The van der Waals surface area contributed by atoms with Crippen molar-refractivity contribution in [1.29, 1.82) is 0 Å². The molecule has 1 aromatic rings. The van der Waals surface area contributed by atoms with Crippen LogP contribution in [-0.4, -0.2) is 69.5 Å². The summed E-state index contributed by atoms with van der Waals surface area (Å²) in [4.78, 5) is 14.2. The van der Waals surface area contributed by atoms with Crippen LogP contribution in [0, 0.1) is 0 Å². The van der Waals surface area contributed by atoms with Gasteiger partial charge in [-0.2, -0.15) is 4.31 Å². The number of hydrogen-bond acceptors (Lipinski definition) is 5. The van der Waals surface area contributed by atoms with E-state index < -0.39 is 10.0 Å². The molecule has 1 saturated heterocycles. The van der Waals surface area contributed by atoms with Gasteiger partial charge < -0.3 is 4.74 Å². The summed E-state index contributed by atoms with van der Waals surface area (Å²) in [7, 11) is -1.57. The van der Waals surface area contributed by atoms with Gasteiger partial charge in [-0.05, 0) is 12.1 Å². The van der Waals surface area contributed by atoms with E-state index in [0.29, 0.717) is 44.0 Å². The highest BCUT2D eigenvalue weighted by Gasteiger charge is 2.24. The Balaban J connectivity index is 1.92. The first-order chi connectivity index (χ1) is 9.90. The molecule has 1 aliphatic rings. The van der Waals surface area contributed by atoms with Crippen LogP contribution in [0.5, 0.6) is 5.75 Å². The molecule has 2 rings (SSSR count). The number of piperazine rings is 1. The Morgan fingerprint density at radius 2 is 1.90 bits per heavy atom. The zero-order chi connectivity index (χ0) is 15.5. The average Bonchev–Trinajstić information content (AvgIpc) is 2.47. The predicted molar refractivity (Wildman–Crippen MR) is 80.2 cm³/mol. The van der Waals surface area contributed by atoms with Gasteiger partial charge in [0.1, 0.15) is 5.75 Å².